The molecule has 0 aliphatic carbocycles. The Kier molecular flexibility index (Phi) is 6.82. The topological polar surface area (TPSA) is 101 Å². The molecule has 0 radical (unpaired) electrons. The van der Waals surface area contributed by atoms with Crippen LogP contribution >= 0.6 is 23.8 Å². The number of anilines is 1. The van der Waals surface area contributed by atoms with Crippen LogP contribution in [0, 0.1) is 0 Å². The molecular formula is C23H18ClN5O3S. The quantitative estimate of drug-likeness (QED) is 0.280. The van der Waals surface area contributed by atoms with Gasteiger partial charge in [0.15, 0.2) is 5.11 Å². The number of nitrogens with one attached hydrogen (secondary N) is 3. The molecule has 0 saturated carbocycles. The van der Waals surface area contributed by atoms with E-state index in [-0.39, 0.29) is 11.0 Å². The van der Waals surface area contributed by atoms with E-state index in [4.69, 9.17) is 33.0 Å². The summed E-state index contributed by atoms with van der Waals surface area (Å²) < 4.78 is 11.0. The fraction of sp³-hybridized carbons (Fsp3) is 0.0435. The van der Waals surface area contributed by atoms with E-state index in [1.54, 1.807) is 49.6 Å². The highest BCUT2D eigenvalue weighted by Crippen LogP contribution is 2.29. The number of methoxy groups -OCH3 is 1. The number of thiocarbonyl (C=S) groups is 1. The first-order valence-corrected chi connectivity index (χ1v) is 10.5. The minimum absolute atomic E-state index is 0.211. The van der Waals surface area contributed by atoms with Crippen molar-refractivity contribution in [2.75, 3.05) is 12.4 Å². The lowest BCUT2D eigenvalue weighted by Gasteiger charge is -2.13. The van der Waals surface area contributed by atoms with Crippen LogP contribution in [0.3, 0.4) is 0 Å². The SMILES string of the molecule is COc1ccccc1NC(=S)NNC(=O)c1ccc(-c2nnc(-c3ccccc3Cl)o2)cc1. The summed E-state index contributed by atoms with van der Waals surface area (Å²) in [5.74, 6) is 0.894. The van der Waals surface area contributed by atoms with E-state index in [9.17, 15) is 4.79 Å². The van der Waals surface area contributed by atoms with Crippen LogP contribution in [0.25, 0.3) is 22.9 Å². The number of rotatable bonds is 5. The third-order valence-corrected chi connectivity index (χ3v) is 5.10. The first-order valence-electron chi connectivity index (χ1n) is 9.74. The van der Waals surface area contributed by atoms with Crippen LogP contribution in [0.5, 0.6) is 5.75 Å². The van der Waals surface area contributed by atoms with E-state index in [1.165, 1.54) is 0 Å². The van der Waals surface area contributed by atoms with Crippen molar-refractivity contribution in [1.29, 1.82) is 0 Å². The van der Waals surface area contributed by atoms with Gasteiger partial charge in [0, 0.05) is 11.1 Å². The van der Waals surface area contributed by atoms with Crippen LogP contribution in [0.1, 0.15) is 10.4 Å². The lowest BCUT2D eigenvalue weighted by atomic mass is 10.1. The Balaban J connectivity index is 1.37. The molecule has 0 bridgehead atoms. The number of ether oxygens (including phenoxy) is 1. The van der Waals surface area contributed by atoms with E-state index in [0.717, 1.165) is 0 Å². The number of amides is 1. The minimum Gasteiger partial charge on any atom is -0.495 e. The summed E-state index contributed by atoms with van der Waals surface area (Å²) in [4.78, 5) is 12.4. The zero-order chi connectivity index (χ0) is 23.2. The molecule has 4 aromatic rings. The third kappa shape index (κ3) is 5.28. The summed E-state index contributed by atoms with van der Waals surface area (Å²) in [5.41, 5.74) is 7.62. The molecule has 4 rings (SSSR count). The van der Waals surface area contributed by atoms with Gasteiger partial charge >= 0.3 is 0 Å². The number of carbonyl (C=O) groups excluding carboxylic acids is 1. The van der Waals surface area contributed by atoms with Crippen molar-refractivity contribution in [2.45, 2.75) is 0 Å². The highest BCUT2D eigenvalue weighted by Gasteiger charge is 2.14. The van der Waals surface area contributed by atoms with Crippen LogP contribution in [-0.4, -0.2) is 28.3 Å². The maximum atomic E-state index is 12.4. The number of para-hydroxylation sites is 2. The summed E-state index contributed by atoms with van der Waals surface area (Å²) in [6, 6.07) is 21.2. The van der Waals surface area contributed by atoms with Gasteiger partial charge in [0.2, 0.25) is 11.8 Å². The Bertz CT molecular complexity index is 1290. The Labute approximate surface area is 199 Å². The second-order valence-corrected chi connectivity index (χ2v) is 7.52. The van der Waals surface area contributed by atoms with Crippen LogP contribution < -0.4 is 20.9 Å². The van der Waals surface area contributed by atoms with Gasteiger partial charge in [-0.25, -0.2) is 0 Å². The Morgan fingerprint density at radius 2 is 1.64 bits per heavy atom. The molecule has 0 unspecified atom stereocenters. The molecule has 0 fully saturated rings. The van der Waals surface area contributed by atoms with Crippen molar-refractivity contribution >= 4 is 40.5 Å². The van der Waals surface area contributed by atoms with Gasteiger partial charge in [-0.3, -0.25) is 15.6 Å². The molecule has 3 aromatic carbocycles. The molecule has 1 heterocycles. The van der Waals surface area contributed by atoms with E-state index in [0.29, 0.717) is 44.9 Å². The van der Waals surface area contributed by atoms with Gasteiger partial charge in [-0.15, -0.1) is 10.2 Å². The molecule has 8 nitrogen and oxygen atoms in total. The van der Waals surface area contributed by atoms with Crippen LogP contribution in [0.4, 0.5) is 5.69 Å². The maximum Gasteiger partial charge on any atom is 0.269 e. The molecule has 0 atom stereocenters. The second-order valence-electron chi connectivity index (χ2n) is 6.70. The van der Waals surface area contributed by atoms with Crippen molar-refractivity contribution in [3.05, 3.63) is 83.4 Å². The third-order valence-electron chi connectivity index (χ3n) is 4.57. The van der Waals surface area contributed by atoms with Crippen molar-refractivity contribution < 1.29 is 13.9 Å². The van der Waals surface area contributed by atoms with Crippen LogP contribution in [0.15, 0.2) is 77.2 Å². The predicted molar refractivity (Wildman–Crippen MR) is 130 cm³/mol. The summed E-state index contributed by atoms with van der Waals surface area (Å²) in [6.07, 6.45) is 0. The molecule has 0 aliphatic rings. The fourth-order valence-corrected chi connectivity index (χ4v) is 3.31. The van der Waals surface area contributed by atoms with Crippen molar-refractivity contribution in [2.24, 2.45) is 0 Å². The van der Waals surface area contributed by atoms with Crippen molar-refractivity contribution in [3.63, 3.8) is 0 Å². The Morgan fingerprint density at radius 3 is 2.39 bits per heavy atom. The molecule has 0 aliphatic heterocycles. The molecule has 166 valence electrons. The smallest absolute Gasteiger partial charge is 0.269 e. The maximum absolute atomic E-state index is 12.4. The van der Waals surface area contributed by atoms with Gasteiger partial charge in [-0.05, 0) is 60.7 Å². The summed E-state index contributed by atoms with van der Waals surface area (Å²) in [6.45, 7) is 0. The van der Waals surface area contributed by atoms with Gasteiger partial charge < -0.3 is 14.5 Å². The monoisotopic (exact) mass is 479 g/mol. The average Bonchev–Trinajstić information content (AvgIpc) is 3.33. The van der Waals surface area contributed by atoms with E-state index >= 15 is 0 Å². The number of hydrogen-bond acceptors (Lipinski definition) is 6. The van der Waals surface area contributed by atoms with Crippen molar-refractivity contribution in [3.8, 4) is 28.7 Å². The molecule has 33 heavy (non-hydrogen) atoms. The normalized spacial score (nSPS) is 10.4. The summed E-state index contributed by atoms with van der Waals surface area (Å²) >= 11 is 11.4. The number of benzene rings is 3. The fourth-order valence-electron chi connectivity index (χ4n) is 2.93. The first-order chi connectivity index (χ1) is 16.0. The molecule has 1 amide bonds. The molecule has 0 spiro atoms. The Morgan fingerprint density at radius 1 is 0.939 bits per heavy atom. The largest absolute Gasteiger partial charge is 0.495 e. The molecule has 3 N–H and O–H groups in total. The van der Waals surface area contributed by atoms with E-state index in [2.05, 4.69) is 26.4 Å². The first kappa shape index (κ1) is 22.3. The lowest BCUT2D eigenvalue weighted by Crippen LogP contribution is -2.43. The van der Waals surface area contributed by atoms with Crippen LogP contribution in [-0.2, 0) is 0 Å². The molecule has 10 heteroatoms. The standard InChI is InChI=1S/C23H18ClN5O3S/c1-31-19-9-5-4-8-18(19)25-23(33)29-26-20(30)14-10-12-15(13-11-14)21-27-28-22(32-21)16-6-2-3-7-17(16)24/h2-13H,1H3,(H,26,30)(H2,25,29,33). The molecular weight excluding hydrogens is 462 g/mol. The van der Waals surface area contributed by atoms with Crippen LogP contribution in [0.2, 0.25) is 5.02 Å². The zero-order valence-electron chi connectivity index (χ0n) is 17.3. The van der Waals surface area contributed by atoms with Crippen molar-refractivity contribution in [1.82, 2.24) is 21.0 Å². The molecule has 1 aromatic heterocycles. The Hall–Kier alpha value is -3.95. The summed E-state index contributed by atoms with van der Waals surface area (Å²) in [7, 11) is 1.56. The second kappa shape index (κ2) is 10.1. The number of aromatic nitrogens is 2. The van der Waals surface area contributed by atoms with E-state index < -0.39 is 0 Å². The average molecular weight is 480 g/mol. The number of halogens is 1. The van der Waals surface area contributed by atoms with E-state index in [1.807, 2.05) is 30.3 Å². The summed E-state index contributed by atoms with van der Waals surface area (Å²) in [5, 5.41) is 11.8. The van der Waals surface area contributed by atoms with Gasteiger partial charge in [0.05, 0.1) is 23.4 Å². The van der Waals surface area contributed by atoms with Gasteiger partial charge in [-0.2, -0.15) is 0 Å². The number of hydrazine groups is 1. The lowest BCUT2D eigenvalue weighted by molar-refractivity contribution is 0.0944. The minimum atomic E-state index is -0.368. The predicted octanol–water partition coefficient (Wildman–Crippen LogP) is 4.70. The number of nitrogens with zero attached hydrogens (tertiary/aromatic N) is 2. The van der Waals surface area contributed by atoms with Gasteiger partial charge in [-0.1, -0.05) is 35.9 Å². The number of hydrogen-bond donors (Lipinski definition) is 3. The zero-order valence-corrected chi connectivity index (χ0v) is 18.9. The highest BCUT2D eigenvalue weighted by atomic mass is 35.5. The van der Waals surface area contributed by atoms with Gasteiger partial charge in [0.1, 0.15) is 5.75 Å². The van der Waals surface area contributed by atoms with Gasteiger partial charge in [0.25, 0.3) is 5.91 Å². The highest BCUT2D eigenvalue weighted by molar-refractivity contribution is 7.80. The molecule has 0 saturated heterocycles. The number of carbonyl (C=O) groups is 1.